The molecule has 0 fully saturated rings. The van der Waals surface area contributed by atoms with Gasteiger partial charge in [-0.2, -0.15) is 0 Å². The summed E-state index contributed by atoms with van der Waals surface area (Å²) in [5.74, 6) is -0.464. The maximum absolute atomic E-state index is 12.2. The Morgan fingerprint density at radius 2 is 1.86 bits per heavy atom. The first-order chi connectivity index (χ1) is 9.86. The molecule has 1 aromatic heterocycles. The van der Waals surface area contributed by atoms with Crippen LogP contribution in [0.5, 0.6) is 0 Å². The van der Waals surface area contributed by atoms with Crippen molar-refractivity contribution >= 4 is 17.3 Å². The quantitative estimate of drug-likeness (QED) is 0.693. The van der Waals surface area contributed by atoms with Crippen LogP contribution in [0.2, 0.25) is 0 Å². The lowest BCUT2D eigenvalue weighted by Crippen LogP contribution is -2.15. The predicted molar refractivity (Wildman–Crippen MR) is 79.5 cm³/mol. The van der Waals surface area contributed by atoms with Crippen LogP contribution >= 0.6 is 0 Å². The number of nitro benzene ring substituents is 1. The fraction of sp³-hybridized carbons (Fsp3) is 0.200. The summed E-state index contributed by atoms with van der Waals surface area (Å²) in [4.78, 5) is 26.8. The molecular formula is C15H15N3O3. The van der Waals surface area contributed by atoms with Gasteiger partial charge in [0, 0.05) is 11.8 Å². The van der Waals surface area contributed by atoms with Crippen LogP contribution in [-0.4, -0.2) is 15.8 Å². The van der Waals surface area contributed by atoms with Crippen LogP contribution in [0.3, 0.4) is 0 Å². The topological polar surface area (TPSA) is 85.1 Å². The molecule has 0 saturated carbocycles. The van der Waals surface area contributed by atoms with Gasteiger partial charge < -0.3 is 5.32 Å². The highest BCUT2D eigenvalue weighted by molar-refractivity contribution is 6.04. The zero-order valence-corrected chi connectivity index (χ0v) is 12.0. The van der Waals surface area contributed by atoms with E-state index in [4.69, 9.17) is 0 Å². The maximum atomic E-state index is 12.2. The fourth-order valence-electron chi connectivity index (χ4n) is 2.04. The van der Waals surface area contributed by atoms with Crippen molar-refractivity contribution in [3.05, 3.63) is 63.0 Å². The van der Waals surface area contributed by atoms with Gasteiger partial charge in [-0.05, 0) is 50.1 Å². The van der Waals surface area contributed by atoms with E-state index in [1.807, 2.05) is 13.0 Å². The molecule has 0 saturated heterocycles. The molecule has 1 heterocycles. The van der Waals surface area contributed by atoms with Gasteiger partial charge in [-0.1, -0.05) is 6.07 Å². The molecule has 0 spiro atoms. The van der Waals surface area contributed by atoms with Crippen molar-refractivity contribution in [1.82, 2.24) is 4.98 Å². The summed E-state index contributed by atoms with van der Waals surface area (Å²) in [7, 11) is 0. The Kier molecular flexibility index (Phi) is 3.98. The van der Waals surface area contributed by atoms with Gasteiger partial charge in [-0.25, -0.2) is 4.98 Å². The largest absolute Gasteiger partial charge is 0.315 e. The van der Waals surface area contributed by atoms with Gasteiger partial charge in [0.25, 0.3) is 11.6 Å². The highest BCUT2D eigenvalue weighted by Crippen LogP contribution is 2.25. The van der Waals surface area contributed by atoms with Crippen molar-refractivity contribution in [1.29, 1.82) is 0 Å². The van der Waals surface area contributed by atoms with Crippen molar-refractivity contribution in [2.75, 3.05) is 5.32 Å². The highest BCUT2D eigenvalue weighted by atomic mass is 16.6. The van der Waals surface area contributed by atoms with E-state index in [-0.39, 0.29) is 17.1 Å². The van der Waals surface area contributed by atoms with Crippen LogP contribution < -0.4 is 5.32 Å². The number of amides is 1. The molecule has 2 rings (SSSR count). The number of nitro groups is 1. The molecule has 0 aliphatic heterocycles. The van der Waals surface area contributed by atoms with E-state index >= 15 is 0 Å². The SMILES string of the molecule is Cc1cc(C)nc(C(=O)Nc2ccc(C)cc2[N+](=O)[O-])c1. The number of carbonyl (C=O) groups is 1. The van der Waals surface area contributed by atoms with Crippen LogP contribution in [0.4, 0.5) is 11.4 Å². The summed E-state index contributed by atoms with van der Waals surface area (Å²) in [5, 5.41) is 13.6. The molecule has 0 aliphatic rings. The van der Waals surface area contributed by atoms with Crippen LogP contribution in [0.1, 0.15) is 27.3 Å². The Balaban J connectivity index is 2.33. The Hall–Kier alpha value is -2.76. The number of hydrogen-bond acceptors (Lipinski definition) is 4. The van der Waals surface area contributed by atoms with E-state index in [0.29, 0.717) is 0 Å². The molecule has 21 heavy (non-hydrogen) atoms. The van der Waals surface area contributed by atoms with Gasteiger partial charge in [0.15, 0.2) is 0 Å². The monoisotopic (exact) mass is 285 g/mol. The molecule has 2 aromatic rings. The van der Waals surface area contributed by atoms with E-state index in [2.05, 4.69) is 10.3 Å². The molecule has 0 radical (unpaired) electrons. The second kappa shape index (κ2) is 5.70. The molecule has 108 valence electrons. The fourth-order valence-corrected chi connectivity index (χ4v) is 2.04. The zero-order valence-electron chi connectivity index (χ0n) is 12.0. The van der Waals surface area contributed by atoms with Crippen molar-refractivity contribution in [2.24, 2.45) is 0 Å². The van der Waals surface area contributed by atoms with Gasteiger partial charge in [-0.3, -0.25) is 14.9 Å². The van der Waals surface area contributed by atoms with E-state index < -0.39 is 10.8 Å². The molecule has 1 N–H and O–H groups in total. The second-order valence-electron chi connectivity index (χ2n) is 4.90. The zero-order chi connectivity index (χ0) is 15.6. The van der Waals surface area contributed by atoms with Gasteiger partial charge in [0.2, 0.25) is 0 Å². The predicted octanol–water partition coefficient (Wildman–Crippen LogP) is 3.17. The van der Waals surface area contributed by atoms with Crippen molar-refractivity contribution in [2.45, 2.75) is 20.8 Å². The first kappa shape index (κ1) is 14.6. The van der Waals surface area contributed by atoms with Crippen LogP contribution in [0.25, 0.3) is 0 Å². The third kappa shape index (κ3) is 3.42. The van der Waals surface area contributed by atoms with E-state index in [9.17, 15) is 14.9 Å². The minimum atomic E-state index is -0.516. The summed E-state index contributed by atoms with van der Waals surface area (Å²) in [6.07, 6.45) is 0. The minimum Gasteiger partial charge on any atom is -0.315 e. The Labute approximate surface area is 122 Å². The molecule has 6 heteroatoms. The molecule has 0 bridgehead atoms. The van der Waals surface area contributed by atoms with Gasteiger partial charge in [0.1, 0.15) is 11.4 Å². The number of nitrogens with one attached hydrogen (secondary N) is 1. The standard InChI is InChI=1S/C15H15N3O3/c1-9-4-5-12(14(8-9)18(20)21)17-15(19)13-7-10(2)6-11(3)16-13/h4-8H,1-3H3,(H,17,19). The third-order valence-corrected chi connectivity index (χ3v) is 2.93. The summed E-state index contributed by atoms with van der Waals surface area (Å²) in [5.41, 5.74) is 2.65. The number of aryl methyl sites for hydroxylation is 3. The lowest BCUT2D eigenvalue weighted by molar-refractivity contribution is -0.384. The second-order valence-corrected chi connectivity index (χ2v) is 4.90. The number of rotatable bonds is 3. The lowest BCUT2D eigenvalue weighted by atomic mass is 10.1. The van der Waals surface area contributed by atoms with Crippen LogP contribution in [-0.2, 0) is 0 Å². The van der Waals surface area contributed by atoms with Gasteiger partial charge in [0.05, 0.1) is 4.92 Å². The van der Waals surface area contributed by atoms with Crippen LogP contribution in [0, 0.1) is 30.9 Å². The maximum Gasteiger partial charge on any atom is 0.293 e. The summed E-state index contributed by atoms with van der Waals surface area (Å²) in [6.45, 7) is 5.40. The average Bonchev–Trinajstić information content (AvgIpc) is 2.39. The summed E-state index contributed by atoms with van der Waals surface area (Å²) in [6, 6.07) is 8.14. The number of benzene rings is 1. The number of carbonyl (C=O) groups excluding carboxylic acids is 1. The minimum absolute atomic E-state index is 0.132. The molecule has 1 amide bonds. The summed E-state index contributed by atoms with van der Waals surface area (Å²) < 4.78 is 0. The van der Waals surface area contributed by atoms with Crippen LogP contribution in [0.15, 0.2) is 30.3 Å². The Morgan fingerprint density at radius 3 is 2.48 bits per heavy atom. The first-order valence-electron chi connectivity index (χ1n) is 6.38. The summed E-state index contributed by atoms with van der Waals surface area (Å²) >= 11 is 0. The Bertz CT molecular complexity index is 706. The first-order valence-corrected chi connectivity index (χ1v) is 6.38. The van der Waals surface area contributed by atoms with Crippen molar-refractivity contribution in [3.63, 3.8) is 0 Å². The van der Waals surface area contributed by atoms with E-state index in [0.717, 1.165) is 16.8 Å². The molecule has 1 aromatic carbocycles. The molecule has 0 unspecified atom stereocenters. The van der Waals surface area contributed by atoms with E-state index in [1.54, 1.807) is 26.0 Å². The molecule has 0 atom stereocenters. The van der Waals surface area contributed by atoms with Crippen molar-refractivity contribution in [3.8, 4) is 0 Å². The number of hydrogen-bond donors (Lipinski definition) is 1. The van der Waals surface area contributed by atoms with Gasteiger partial charge in [-0.15, -0.1) is 0 Å². The number of anilines is 1. The number of pyridine rings is 1. The smallest absolute Gasteiger partial charge is 0.293 e. The lowest BCUT2D eigenvalue weighted by Gasteiger charge is -2.07. The third-order valence-electron chi connectivity index (χ3n) is 2.93. The van der Waals surface area contributed by atoms with E-state index in [1.165, 1.54) is 12.1 Å². The molecule has 6 nitrogen and oxygen atoms in total. The Morgan fingerprint density at radius 1 is 1.14 bits per heavy atom. The molecule has 0 aliphatic carbocycles. The number of nitrogens with zero attached hydrogens (tertiary/aromatic N) is 2. The highest BCUT2D eigenvalue weighted by Gasteiger charge is 2.17. The number of aromatic nitrogens is 1. The average molecular weight is 285 g/mol. The molecular weight excluding hydrogens is 270 g/mol. The van der Waals surface area contributed by atoms with Gasteiger partial charge >= 0.3 is 0 Å². The normalized spacial score (nSPS) is 10.2. The van der Waals surface area contributed by atoms with Crippen molar-refractivity contribution < 1.29 is 9.72 Å².